The summed E-state index contributed by atoms with van der Waals surface area (Å²) < 4.78 is 5.00. The lowest BCUT2D eigenvalue weighted by Gasteiger charge is -2.07. The van der Waals surface area contributed by atoms with Crippen LogP contribution in [0.25, 0.3) is 11.2 Å². The molecule has 0 radical (unpaired) electrons. The third-order valence-electron chi connectivity index (χ3n) is 2.51. The molecule has 0 aliphatic carbocycles. The number of nitrogen functional groups attached to an aromatic ring is 1. The molecule has 3 rings (SSSR count). The molecule has 0 aliphatic rings. The number of methoxy groups -OCH3 is 1. The molecule has 0 saturated carbocycles. The Morgan fingerprint density at radius 3 is 2.89 bits per heavy atom. The fraction of sp³-hybridized carbons (Fsp3) is 0.0909. The third kappa shape index (κ3) is 2.10. The first-order valence-electron chi connectivity index (χ1n) is 5.50. The molecule has 0 spiro atoms. The average molecular weight is 257 g/mol. The molecule has 0 aromatic carbocycles. The van der Waals surface area contributed by atoms with Gasteiger partial charge in [0.1, 0.15) is 5.52 Å². The Balaban J connectivity index is 1.97. The molecule has 8 heteroatoms. The van der Waals surface area contributed by atoms with Crippen molar-refractivity contribution in [1.29, 1.82) is 0 Å². The molecule has 19 heavy (non-hydrogen) atoms. The van der Waals surface area contributed by atoms with Crippen LogP contribution in [-0.2, 0) is 0 Å². The van der Waals surface area contributed by atoms with Crippen LogP contribution in [0.5, 0.6) is 5.88 Å². The van der Waals surface area contributed by atoms with Gasteiger partial charge in [-0.3, -0.25) is 0 Å². The number of anilines is 3. The Kier molecular flexibility index (Phi) is 2.60. The van der Waals surface area contributed by atoms with Crippen molar-refractivity contribution in [1.82, 2.24) is 24.9 Å². The van der Waals surface area contributed by atoms with Gasteiger partial charge in [-0.1, -0.05) is 0 Å². The monoisotopic (exact) mass is 257 g/mol. The predicted molar refractivity (Wildman–Crippen MR) is 70.2 cm³/mol. The molecule has 0 atom stereocenters. The number of rotatable bonds is 3. The summed E-state index contributed by atoms with van der Waals surface area (Å²) in [5.74, 6) is 1.25. The van der Waals surface area contributed by atoms with Crippen LogP contribution < -0.4 is 15.8 Å². The molecule has 3 aromatic rings. The topological polar surface area (TPSA) is 115 Å². The molecule has 0 bridgehead atoms. The summed E-state index contributed by atoms with van der Waals surface area (Å²) in [5.41, 5.74) is 7.59. The maximum Gasteiger partial charge on any atom is 0.224 e. The van der Waals surface area contributed by atoms with Crippen molar-refractivity contribution in [3.05, 3.63) is 24.7 Å². The Morgan fingerprint density at radius 2 is 2.16 bits per heavy atom. The second kappa shape index (κ2) is 4.41. The molecule has 96 valence electrons. The van der Waals surface area contributed by atoms with Crippen LogP contribution in [0.4, 0.5) is 17.5 Å². The number of nitrogens with one attached hydrogen (secondary N) is 2. The van der Waals surface area contributed by atoms with E-state index in [1.54, 1.807) is 19.4 Å². The number of hydrogen-bond donors (Lipinski definition) is 3. The summed E-state index contributed by atoms with van der Waals surface area (Å²) in [6, 6.07) is 3.57. The molecule has 3 aromatic heterocycles. The largest absolute Gasteiger partial charge is 0.481 e. The number of H-pyrrole nitrogens is 1. The lowest BCUT2D eigenvalue weighted by Crippen LogP contribution is -2.01. The number of hydrogen-bond acceptors (Lipinski definition) is 7. The Morgan fingerprint density at radius 1 is 1.26 bits per heavy atom. The van der Waals surface area contributed by atoms with Crippen molar-refractivity contribution >= 4 is 28.6 Å². The van der Waals surface area contributed by atoms with E-state index >= 15 is 0 Å². The summed E-state index contributed by atoms with van der Waals surface area (Å²) >= 11 is 0. The van der Waals surface area contributed by atoms with E-state index in [-0.39, 0.29) is 5.95 Å². The zero-order valence-corrected chi connectivity index (χ0v) is 10.1. The Bertz CT molecular complexity index is 707. The van der Waals surface area contributed by atoms with Crippen LogP contribution in [0.2, 0.25) is 0 Å². The van der Waals surface area contributed by atoms with Gasteiger partial charge < -0.3 is 20.8 Å². The van der Waals surface area contributed by atoms with Crippen LogP contribution in [0.15, 0.2) is 24.7 Å². The number of ether oxygens (including phenoxy) is 1. The second-order valence-corrected chi connectivity index (χ2v) is 3.75. The van der Waals surface area contributed by atoms with Crippen molar-refractivity contribution in [2.75, 3.05) is 18.2 Å². The number of nitrogens with zero attached hydrogens (tertiary/aromatic N) is 4. The first kappa shape index (κ1) is 11.2. The number of aromatic nitrogens is 5. The fourth-order valence-electron chi connectivity index (χ4n) is 1.65. The van der Waals surface area contributed by atoms with E-state index in [1.165, 1.54) is 6.33 Å². The molecule has 4 N–H and O–H groups in total. The lowest BCUT2D eigenvalue weighted by molar-refractivity contribution is 0.398. The summed E-state index contributed by atoms with van der Waals surface area (Å²) in [6.45, 7) is 0. The summed E-state index contributed by atoms with van der Waals surface area (Å²) in [7, 11) is 1.56. The second-order valence-electron chi connectivity index (χ2n) is 3.75. The van der Waals surface area contributed by atoms with Crippen LogP contribution in [-0.4, -0.2) is 32.0 Å². The van der Waals surface area contributed by atoms with E-state index in [0.29, 0.717) is 22.9 Å². The zero-order valence-electron chi connectivity index (χ0n) is 10.1. The van der Waals surface area contributed by atoms with Crippen molar-refractivity contribution in [3.8, 4) is 5.88 Å². The molecule has 0 unspecified atom stereocenters. The van der Waals surface area contributed by atoms with E-state index in [2.05, 4.69) is 30.2 Å². The summed E-state index contributed by atoms with van der Waals surface area (Å²) in [6.07, 6.45) is 3.18. The van der Waals surface area contributed by atoms with Crippen LogP contribution >= 0.6 is 0 Å². The van der Waals surface area contributed by atoms with Crippen LogP contribution in [0.3, 0.4) is 0 Å². The van der Waals surface area contributed by atoms with Crippen molar-refractivity contribution in [2.24, 2.45) is 0 Å². The number of pyridine rings is 1. The van der Waals surface area contributed by atoms with Crippen LogP contribution in [0.1, 0.15) is 0 Å². The molecule has 0 amide bonds. The van der Waals surface area contributed by atoms with Gasteiger partial charge in [-0.05, 0) is 6.07 Å². The quantitative estimate of drug-likeness (QED) is 0.643. The highest BCUT2D eigenvalue weighted by molar-refractivity contribution is 5.85. The van der Waals surface area contributed by atoms with E-state index in [1.807, 2.05) is 6.07 Å². The first-order valence-corrected chi connectivity index (χ1v) is 5.50. The van der Waals surface area contributed by atoms with E-state index < -0.39 is 0 Å². The lowest BCUT2D eigenvalue weighted by atomic mass is 10.4. The van der Waals surface area contributed by atoms with Gasteiger partial charge in [0.2, 0.25) is 11.8 Å². The van der Waals surface area contributed by atoms with Crippen LogP contribution in [0, 0.1) is 0 Å². The minimum Gasteiger partial charge on any atom is -0.481 e. The van der Waals surface area contributed by atoms with Gasteiger partial charge in [0.15, 0.2) is 11.5 Å². The molecular weight excluding hydrogens is 246 g/mol. The van der Waals surface area contributed by atoms with Gasteiger partial charge in [-0.15, -0.1) is 0 Å². The molecule has 0 aliphatic heterocycles. The molecule has 0 fully saturated rings. The third-order valence-corrected chi connectivity index (χ3v) is 2.51. The highest BCUT2D eigenvalue weighted by Gasteiger charge is 2.08. The number of imidazole rings is 1. The van der Waals surface area contributed by atoms with Crippen molar-refractivity contribution < 1.29 is 4.74 Å². The zero-order chi connectivity index (χ0) is 13.2. The highest BCUT2D eigenvalue weighted by atomic mass is 16.5. The maximum atomic E-state index is 5.63. The number of nitrogens with two attached hydrogens (primary N) is 1. The van der Waals surface area contributed by atoms with E-state index in [9.17, 15) is 0 Å². The standard InChI is InChI=1S/C11H11N7O/c1-19-7-3-2-6(4-13-7)16-10-8-9(15-5-14-8)17-11(12)18-10/h2-5H,1H3,(H4,12,14,15,16,17,18). The van der Waals surface area contributed by atoms with Gasteiger partial charge in [0, 0.05) is 6.07 Å². The van der Waals surface area contributed by atoms with Gasteiger partial charge >= 0.3 is 0 Å². The average Bonchev–Trinajstić information content (AvgIpc) is 2.88. The van der Waals surface area contributed by atoms with Gasteiger partial charge in [0.05, 0.1) is 25.3 Å². The maximum absolute atomic E-state index is 5.63. The smallest absolute Gasteiger partial charge is 0.224 e. The van der Waals surface area contributed by atoms with Crippen molar-refractivity contribution in [2.45, 2.75) is 0 Å². The molecule has 8 nitrogen and oxygen atoms in total. The Hall–Kier alpha value is -2.90. The van der Waals surface area contributed by atoms with Gasteiger partial charge in [-0.2, -0.15) is 9.97 Å². The minimum atomic E-state index is 0.156. The fourth-order valence-corrected chi connectivity index (χ4v) is 1.65. The highest BCUT2D eigenvalue weighted by Crippen LogP contribution is 2.22. The first-order chi connectivity index (χ1) is 9.26. The van der Waals surface area contributed by atoms with Gasteiger partial charge in [-0.25, -0.2) is 9.97 Å². The minimum absolute atomic E-state index is 0.156. The number of aromatic amines is 1. The normalized spacial score (nSPS) is 10.6. The SMILES string of the molecule is COc1ccc(Nc2nc(N)nc3nc[nH]c23)cn1. The van der Waals surface area contributed by atoms with E-state index in [4.69, 9.17) is 10.5 Å². The van der Waals surface area contributed by atoms with Gasteiger partial charge in [0.25, 0.3) is 0 Å². The molecule has 3 heterocycles. The number of fused-ring (bicyclic) bond motifs is 1. The summed E-state index contributed by atoms with van der Waals surface area (Å²) in [5, 5.41) is 3.10. The summed E-state index contributed by atoms with van der Waals surface area (Å²) in [4.78, 5) is 19.3. The molecule has 0 saturated heterocycles. The predicted octanol–water partition coefficient (Wildman–Crippen LogP) is 1.08. The van der Waals surface area contributed by atoms with Crippen molar-refractivity contribution in [3.63, 3.8) is 0 Å². The van der Waals surface area contributed by atoms with E-state index in [0.717, 1.165) is 5.69 Å². The molecular formula is C11H11N7O. The Labute approximate surface area is 108 Å².